The number of carbonyl (C=O) groups excluding carboxylic acids is 3. The van der Waals surface area contributed by atoms with E-state index in [9.17, 15) is 24.1 Å². The van der Waals surface area contributed by atoms with Crippen molar-refractivity contribution in [1.82, 2.24) is 9.55 Å². The maximum absolute atomic E-state index is 16.3. The molecule has 2 aromatic rings. The second kappa shape index (κ2) is 15.7. The van der Waals surface area contributed by atoms with E-state index in [4.69, 9.17) is 32.5 Å². The molecule has 0 bridgehead atoms. The summed E-state index contributed by atoms with van der Waals surface area (Å²) in [7, 11) is -4.25. The molecular formula is C33H47FN3O12PS. The summed E-state index contributed by atoms with van der Waals surface area (Å²) < 4.78 is 55.8. The van der Waals surface area contributed by atoms with Crippen LogP contribution in [-0.4, -0.2) is 80.3 Å². The Balaban J connectivity index is 1.60. The molecule has 0 unspecified atom stereocenters. The number of hydrogen-bond donors (Lipinski definition) is 1. The number of nitrogens with zero attached hydrogens (tertiary/aromatic N) is 3. The number of rotatable bonds is 7. The molecule has 1 aromatic heterocycles. The van der Waals surface area contributed by atoms with Crippen LogP contribution >= 0.6 is 19.9 Å². The van der Waals surface area contributed by atoms with Gasteiger partial charge in [0.25, 0.3) is 0 Å². The van der Waals surface area contributed by atoms with Gasteiger partial charge in [0.15, 0.2) is 0 Å². The van der Waals surface area contributed by atoms with Crippen LogP contribution in [0.2, 0.25) is 0 Å². The normalized spacial score (nSPS) is 24.3. The Labute approximate surface area is 300 Å². The summed E-state index contributed by atoms with van der Waals surface area (Å²) in [5, 5.41) is -2.33. The Morgan fingerprint density at radius 1 is 0.980 bits per heavy atom. The van der Waals surface area contributed by atoms with E-state index < -0.39 is 90.4 Å². The fraction of sp³-hybridized carbons (Fsp3) is 0.606. The Morgan fingerprint density at radius 2 is 1.57 bits per heavy atom. The van der Waals surface area contributed by atoms with E-state index in [1.807, 2.05) is 30.3 Å². The van der Waals surface area contributed by atoms with Crippen LogP contribution in [0.4, 0.5) is 24.6 Å². The maximum atomic E-state index is 16.3. The molecule has 2 amide bonds. The van der Waals surface area contributed by atoms with Gasteiger partial charge >= 0.3 is 248 Å². The number of amides is 2. The van der Waals surface area contributed by atoms with E-state index in [1.54, 1.807) is 62.3 Å². The number of carbonyl (C=O) groups is 3. The molecule has 2 saturated heterocycles. The SMILES string of the molecule is CC(C)(C)OC(=O)O[C@H]1[C@H](F)[C@H](n2ccc(N(C(=O)OC(C)(C)C)C(=O)OC(C)(C)C)nc2=O)S[C@@H]1CO[PH]1(O)OCC[C@H](c2ccccc2)O1. The monoisotopic (exact) mass is 759 g/mol. The van der Waals surface area contributed by atoms with Gasteiger partial charge in [0, 0.05) is 0 Å². The average Bonchev–Trinajstić information content (AvgIpc) is 3.28. The summed E-state index contributed by atoms with van der Waals surface area (Å²) >= 11 is 0.874. The van der Waals surface area contributed by atoms with Crippen molar-refractivity contribution in [3.8, 4) is 0 Å². The number of alkyl halides is 1. The predicted molar refractivity (Wildman–Crippen MR) is 187 cm³/mol. The molecule has 284 valence electrons. The predicted octanol–water partition coefficient (Wildman–Crippen LogP) is 6.79. The van der Waals surface area contributed by atoms with E-state index >= 15 is 4.39 Å². The fourth-order valence-corrected chi connectivity index (χ4v) is 8.09. The molecule has 2 aliphatic heterocycles. The second-order valence-corrected chi connectivity index (χ2v) is 18.0. The Bertz CT molecular complexity index is 1580. The third-order valence-corrected chi connectivity index (χ3v) is 10.1. The minimum atomic E-state index is -4.25. The molecule has 0 radical (unpaired) electrons. The Morgan fingerprint density at radius 3 is 2.12 bits per heavy atom. The van der Waals surface area contributed by atoms with Crippen LogP contribution in [0, 0.1) is 0 Å². The zero-order chi connectivity index (χ0) is 37.9. The van der Waals surface area contributed by atoms with E-state index in [0.29, 0.717) is 11.3 Å². The van der Waals surface area contributed by atoms with Crippen LogP contribution in [0.5, 0.6) is 0 Å². The summed E-state index contributed by atoms with van der Waals surface area (Å²) in [5.74, 6) is -0.424. The Hall–Kier alpha value is -3.34. The number of benzene rings is 1. The quantitative estimate of drug-likeness (QED) is 0.178. The molecule has 2 fully saturated rings. The molecule has 1 aromatic carbocycles. The van der Waals surface area contributed by atoms with Crippen LogP contribution in [0.25, 0.3) is 0 Å². The van der Waals surface area contributed by atoms with Crippen molar-refractivity contribution in [3.05, 3.63) is 58.6 Å². The third-order valence-electron chi connectivity index (χ3n) is 6.92. The van der Waals surface area contributed by atoms with E-state index in [-0.39, 0.29) is 6.61 Å². The molecule has 15 nitrogen and oxygen atoms in total. The van der Waals surface area contributed by atoms with Gasteiger partial charge in [-0.15, -0.1) is 0 Å². The molecule has 1 N–H and O–H groups in total. The number of halogens is 1. The molecule has 3 heterocycles. The summed E-state index contributed by atoms with van der Waals surface area (Å²) in [6.07, 6.45) is -5.89. The van der Waals surface area contributed by atoms with E-state index in [2.05, 4.69) is 4.98 Å². The van der Waals surface area contributed by atoms with Crippen LogP contribution in [0.1, 0.15) is 85.8 Å². The number of anilines is 1. The minimum absolute atomic E-state index is 0.142. The first-order chi connectivity index (χ1) is 23.5. The van der Waals surface area contributed by atoms with Gasteiger partial charge in [0.05, 0.1) is 0 Å². The van der Waals surface area contributed by atoms with Crippen molar-refractivity contribution < 1.29 is 56.2 Å². The zero-order valence-electron chi connectivity index (χ0n) is 30.1. The second-order valence-electron chi connectivity index (χ2n) is 14.8. The third kappa shape index (κ3) is 11.3. The van der Waals surface area contributed by atoms with Gasteiger partial charge in [0.1, 0.15) is 11.2 Å². The molecule has 51 heavy (non-hydrogen) atoms. The van der Waals surface area contributed by atoms with Crippen molar-refractivity contribution in [2.45, 2.75) is 115 Å². The average molecular weight is 760 g/mol. The standard InChI is InChI=1S/C33H47FN3O12PS/c1-31(2,3)46-28(39)37(29(40)47-32(4,5)6)23-15-17-36(27(38)35-23)26-24(34)25(45-30(41)48-33(7,8)9)22(51-26)19-44-50(42)43-18-16-21(49-50)20-13-11-10-12-14-20/h10-15,17,21-22,24-26,42,50H,16,18-19H2,1-9H3/t21-,22-,24+,25-,26-/m1/s1. The van der Waals surface area contributed by atoms with Gasteiger partial charge in [-0.25, -0.2) is 0 Å². The van der Waals surface area contributed by atoms with Gasteiger partial charge in [-0.05, 0) is 41.5 Å². The molecule has 2 aliphatic rings. The molecule has 4 rings (SSSR count). The molecule has 18 heteroatoms. The molecule has 0 spiro atoms. The topological polar surface area (TPSA) is 174 Å². The van der Waals surface area contributed by atoms with Crippen LogP contribution < -0.4 is 10.6 Å². The number of imide groups is 1. The first kappa shape index (κ1) is 40.4. The summed E-state index contributed by atoms with van der Waals surface area (Å²) in [4.78, 5) is 67.9. The molecular weight excluding hydrogens is 712 g/mol. The van der Waals surface area contributed by atoms with Crippen LogP contribution in [-0.2, 0) is 32.5 Å². The van der Waals surface area contributed by atoms with Gasteiger partial charge in [0.2, 0.25) is 0 Å². The van der Waals surface area contributed by atoms with Crippen molar-refractivity contribution in [1.29, 1.82) is 0 Å². The van der Waals surface area contributed by atoms with Crippen molar-refractivity contribution in [2.24, 2.45) is 0 Å². The van der Waals surface area contributed by atoms with Gasteiger partial charge < -0.3 is 0 Å². The van der Waals surface area contributed by atoms with Crippen LogP contribution in [0.15, 0.2) is 47.4 Å². The van der Waals surface area contributed by atoms with Gasteiger partial charge in [-0.3, -0.25) is 0 Å². The fourth-order valence-electron chi connectivity index (χ4n) is 4.91. The van der Waals surface area contributed by atoms with Crippen molar-refractivity contribution in [3.63, 3.8) is 0 Å². The molecule has 0 saturated carbocycles. The number of ether oxygens (including phenoxy) is 4. The van der Waals surface area contributed by atoms with Crippen molar-refractivity contribution in [2.75, 3.05) is 18.1 Å². The first-order valence-corrected chi connectivity index (χ1v) is 18.9. The summed E-state index contributed by atoms with van der Waals surface area (Å²) in [5.41, 5.74) is -3.21. The first-order valence-electron chi connectivity index (χ1n) is 16.3. The van der Waals surface area contributed by atoms with E-state index in [1.165, 1.54) is 0 Å². The number of thioether (sulfide) groups is 1. The van der Waals surface area contributed by atoms with Crippen molar-refractivity contribution >= 4 is 44.1 Å². The summed E-state index contributed by atoms with van der Waals surface area (Å²) in [6, 6.07) is 10.4. The van der Waals surface area contributed by atoms with Crippen LogP contribution in [0.3, 0.4) is 0 Å². The van der Waals surface area contributed by atoms with Gasteiger partial charge in [-0.2, -0.15) is 0 Å². The molecule has 5 atom stereocenters. The number of aromatic nitrogens is 2. The Kier molecular flexibility index (Phi) is 12.5. The summed E-state index contributed by atoms with van der Waals surface area (Å²) in [6.45, 7) is 14.1. The van der Waals surface area contributed by atoms with E-state index in [0.717, 1.165) is 34.2 Å². The zero-order valence-corrected chi connectivity index (χ0v) is 31.9. The molecule has 0 aliphatic carbocycles. The number of hydrogen-bond acceptors (Lipinski definition) is 14. The van der Waals surface area contributed by atoms with Gasteiger partial charge in [-0.1, -0.05) is 0 Å².